The van der Waals surface area contributed by atoms with Gasteiger partial charge in [0.15, 0.2) is 6.61 Å². The molecular formula is C23H22F2N2O4. The third-order valence-electron chi connectivity index (χ3n) is 5.78. The molecule has 1 aromatic heterocycles. The van der Waals surface area contributed by atoms with Crippen LogP contribution in [0.25, 0.3) is 10.9 Å². The van der Waals surface area contributed by atoms with Gasteiger partial charge >= 0.3 is 5.97 Å². The van der Waals surface area contributed by atoms with E-state index in [4.69, 9.17) is 15.6 Å². The van der Waals surface area contributed by atoms with E-state index in [1.165, 1.54) is 18.2 Å². The number of fused-ring (bicyclic) bond motifs is 3. The van der Waals surface area contributed by atoms with Gasteiger partial charge in [0.25, 0.3) is 0 Å². The predicted molar refractivity (Wildman–Crippen MR) is 110 cm³/mol. The van der Waals surface area contributed by atoms with Crippen LogP contribution in [-0.2, 0) is 22.6 Å². The van der Waals surface area contributed by atoms with Crippen LogP contribution in [0, 0.1) is 11.6 Å². The van der Waals surface area contributed by atoms with Gasteiger partial charge in [0.05, 0.1) is 18.0 Å². The van der Waals surface area contributed by atoms with Crippen molar-refractivity contribution in [3.63, 3.8) is 0 Å². The van der Waals surface area contributed by atoms with Gasteiger partial charge in [0.1, 0.15) is 17.4 Å². The molecule has 8 heteroatoms. The minimum Gasteiger partial charge on any atom is -0.481 e. The van der Waals surface area contributed by atoms with E-state index in [2.05, 4.69) is 0 Å². The third kappa shape index (κ3) is 3.85. The van der Waals surface area contributed by atoms with Crippen molar-refractivity contribution in [2.24, 2.45) is 5.73 Å². The molecule has 0 saturated carbocycles. The van der Waals surface area contributed by atoms with E-state index in [1.807, 2.05) is 0 Å². The summed E-state index contributed by atoms with van der Waals surface area (Å²) < 4.78 is 36.2. The highest BCUT2D eigenvalue weighted by atomic mass is 19.1. The number of carboxylic acids is 1. The molecule has 0 fully saturated rings. The van der Waals surface area contributed by atoms with E-state index in [1.54, 1.807) is 22.8 Å². The number of hydrogen-bond donors (Lipinski definition) is 2. The Bertz CT molecular complexity index is 1150. The molecule has 6 nitrogen and oxygen atoms in total. The van der Waals surface area contributed by atoms with Gasteiger partial charge in [-0.05, 0) is 49.1 Å². The normalized spacial score (nSPS) is 16.0. The van der Waals surface area contributed by atoms with E-state index < -0.39 is 36.0 Å². The van der Waals surface area contributed by atoms with Gasteiger partial charge in [-0.25, -0.2) is 13.6 Å². The molecular weight excluding hydrogens is 406 g/mol. The average molecular weight is 428 g/mol. The topological polar surface area (TPSA) is 94.6 Å². The number of aromatic nitrogens is 1. The average Bonchev–Trinajstić information content (AvgIpc) is 2.87. The molecule has 1 amide bonds. The first-order valence-corrected chi connectivity index (χ1v) is 10.1. The van der Waals surface area contributed by atoms with Crippen molar-refractivity contribution in [1.29, 1.82) is 0 Å². The number of nitrogens with zero attached hydrogens (tertiary/aromatic N) is 1. The van der Waals surface area contributed by atoms with E-state index in [-0.39, 0.29) is 12.1 Å². The Balaban J connectivity index is 1.98. The van der Waals surface area contributed by atoms with Crippen LogP contribution in [0.1, 0.15) is 42.0 Å². The molecule has 0 saturated heterocycles. The zero-order valence-corrected chi connectivity index (χ0v) is 16.7. The summed E-state index contributed by atoms with van der Waals surface area (Å²) in [5.41, 5.74) is 7.69. The molecule has 1 aliphatic rings. The Morgan fingerprint density at radius 3 is 2.52 bits per heavy atom. The minimum atomic E-state index is -1.14. The number of hydrogen-bond acceptors (Lipinski definition) is 3. The van der Waals surface area contributed by atoms with Gasteiger partial charge in [-0.2, -0.15) is 0 Å². The monoisotopic (exact) mass is 428 g/mol. The number of nitrogens with two attached hydrogens (primary N) is 1. The number of rotatable bonds is 6. The van der Waals surface area contributed by atoms with Crippen molar-refractivity contribution >= 4 is 22.8 Å². The quantitative estimate of drug-likeness (QED) is 0.585. The Morgan fingerprint density at radius 1 is 1.13 bits per heavy atom. The Hall–Kier alpha value is -3.42. The number of carbonyl (C=O) groups is 2. The molecule has 0 aliphatic heterocycles. The molecule has 0 bridgehead atoms. The second kappa shape index (κ2) is 8.37. The van der Waals surface area contributed by atoms with Gasteiger partial charge in [0.2, 0.25) is 5.91 Å². The fourth-order valence-corrected chi connectivity index (χ4v) is 4.45. The van der Waals surface area contributed by atoms with Crippen molar-refractivity contribution in [3.05, 3.63) is 64.9 Å². The lowest BCUT2D eigenvalue weighted by Gasteiger charge is -2.14. The lowest BCUT2D eigenvalue weighted by atomic mass is 9.92. The first-order valence-electron chi connectivity index (χ1n) is 10.1. The van der Waals surface area contributed by atoms with E-state index in [0.29, 0.717) is 35.1 Å². The molecule has 1 atom stereocenters. The van der Waals surface area contributed by atoms with Crippen molar-refractivity contribution in [1.82, 2.24) is 4.57 Å². The lowest BCUT2D eigenvalue weighted by molar-refractivity contribution is -0.139. The number of ether oxygens (including phenoxy) is 1. The lowest BCUT2D eigenvalue weighted by Crippen LogP contribution is -2.22. The Labute approximate surface area is 177 Å². The highest BCUT2D eigenvalue weighted by molar-refractivity contribution is 5.97. The molecule has 2 aromatic carbocycles. The Kier molecular flexibility index (Phi) is 5.63. The maximum Gasteiger partial charge on any atom is 0.341 e. The van der Waals surface area contributed by atoms with Crippen molar-refractivity contribution in [2.45, 2.75) is 38.1 Å². The zero-order chi connectivity index (χ0) is 22.1. The molecule has 162 valence electrons. The van der Waals surface area contributed by atoms with Crippen LogP contribution < -0.4 is 10.5 Å². The number of carboxylic acid groups (broad SMARTS) is 1. The van der Waals surface area contributed by atoms with Gasteiger partial charge in [0, 0.05) is 16.6 Å². The van der Waals surface area contributed by atoms with Gasteiger partial charge in [-0.1, -0.05) is 18.6 Å². The SMILES string of the molecule is NC(=O)C1CCCCc2c1c1c(OCC(=O)O)cccc1n2Cc1c(F)cccc1F. The minimum absolute atomic E-state index is 0.0712. The van der Waals surface area contributed by atoms with Crippen molar-refractivity contribution < 1.29 is 28.2 Å². The van der Waals surface area contributed by atoms with Crippen LogP contribution in [0.2, 0.25) is 0 Å². The van der Waals surface area contributed by atoms with Gasteiger partial charge in [-0.15, -0.1) is 0 Å². The standard InChI is InChI=1S/C23H22F2N2O4/c24-15-6-3-7-16(25)14(15)11-27-17-8-2-1-5-13(23(26)30)21(17)22-18(27)9-4-10-19(22)31-12-20(28)29/h3-4,6-7,9-10,13H,1-2,5,8,11-12H2,(H2,26,30)(H,28,29). The van der Waals surface area contributed by atoms with Crippen LogP contribution in [0.5, 0.6) is 5.75 Å². The molecule has 3 aromatic rings. The summed E-state index contributed by atoms with van der Waals surface area (Å²) in [4.78, 5) is 23.4. The summed E-state index contributed by atoms with van der Waals surface area (Å²) in [6.07, 6.45) is 2.71. The van der Waals surface area contributed by atoms with Crippen LogP contribution in [0.3, 0.4) is 0 Å². The van der Waals surface area contributed by atoms with Crippen LogP contribution >= 0.6 is 0 Å². The molecule has 4 rings (SSSR count). The number of amides is 1. The molecule has 0 radical (unpaired) electrons. The van der Waals surface area contributed by atoms with Crippen LogP contribution in [0.15, 0.2) is 36.4 Å². The molecule has 0 spiro atoms. The van der Waals surface area contributed by atoms with Crippen LogP contribution in [0.4, 0.5) is 8.78 Å². The summed E-state index contributed by atoms with van der Waals surface area (Å²) in [7, 11) is 0. The highest BCUT2D eigenvalue weighted by Crippen LogP contribution is 2.42. The smallest absolute Gasteiger partial charge is 0.341 e. The number of carbonyl (C=O) groups excluding carboxylic acids is 1. The van der Waals surface area contributed by atoms with Crippen molar-refractivity contribution in [2.75, 3.05) is 6.61 Å². The Morgan fingerprint density at radius 2 is 1.84 bits per heavy atom. The second-order valence-electron chi connectivity index (χ2n) is 7.68. The molecule has 3 N–H and O–H groups in total. The number of benzene rings is 2. The first-order chi connectivity index (χ1) is 14.9. The fourth-order valence-electron chi connectivity index (χ4n) is 4.45. The van der Waals surface area contributed by atoms with E-state index in [9.17, 15) is 18.4 Å². The summed E-state index contributed by atoms with van der Waals surface area (Å²) >= 11 is 0. The molecule has 1 aliphatic carbocycles. The predicted octanol–water partition coefficient (Wildman–Crippen LogP) is 3.73. The maximum atomic E-state index is 14.4. The summed E-state index contributed by atoms with van der Waals surface area (Å²) in [6, 6.07) is 8.80. The highest BCUT2D eigenvalue weighted by Gasteiger charge is 2.31. The molecule has 1 unspecified atom stereocenters. The maximum absolute atomic E-state index is 14.4. The third-order valence-corrected chi connectivity index (χ3v) is 5.78. The molecule has 1 heterocycles. The van der Waals surface area contributed by atoms with Crippen molar-refractivity contribution in [3.8, 4) is 5.75 Å². The number of primary amides is 1. The van der Waals surface area contributed by atoms with E-state index in [0.717, 1.165) is 18.5 Å². The zero-order valence-electron chi connectivity index (χ0n) is 16.7. The summed E-state index contributed by atoms with van der Waals surface area (Å²) in [5, 5.41) is 9.61. The second-order valence-corrected chi connectivity index (χ2v) is 7.68. The fraction of sp³-hybridized carbons (Fsp3) is 0.304. The largest absolute Gasteiger partial charge is 0.481 e. The van der Waals surface area contributed by atoms with E-state index >= 15 is 0 Å². The number of halogens is 2. The molecule has 31 heavy (non-hydrogen) atoms. The van der Waals surface area contributed by atoms with Gasteiger partial charge < -0.3 is 20.1 Å². The van der Waals surface area contributed by atoms with Gasteiger partial charge in [-0.3, -0.25) is 4.79 Å². The first kappa shape index (κ1) is 20.8. The summed E-state index contributed by atoms with van der Waals surface area (Å²) in [5.74, 6) is -3.24. The number of aliphatic carboxylic acids is 1. The van der Waals surface area contributed by atoms with Crippen LogP contribution in [-0.4, -0.2) is 28.2 Å². The summed E-state index contributed by atoms with van der Waals surface area (Å²) in [6.45, 7) is -0.625.